The van der Waals surface area contributed by atoms with Crippen molar-refractivity contribution in [1.82, 2.24) is 19.7 Å². The van der Waals surface area contributed by atoms with Crippen molar-refractivity contribution in [2.75, 3.05) is 12.4 Å². The number of benzene rings is 1. The standard InChI is InChI=1S/C15H14ClN5/c1-17-15-14(11-7-19-21(2)9-11)20-13(8-18-15)10-3-5-12(16)6-4-10/h3-9H,1-2H3,(H,17,18). The highest BCUT2D eigenvalue weighted by molar-refractivity contribution is 6.30. The Bertz CT molecular complexity index is 764. The molecule has 0 unspecified atom stereocenters. The first-order chi connectivity index (χ1) is 10.2. The molecular weight excluding hydrogens is 286 g/mol. The second-order valence-electron chi connectivity index (χ2n) is 4.61. The van der Waals surface area contributed by atoms with E-state index in [1.807, 2.05) is 44.6 Å². The number of nitrogens with zero attached hydrogens (tertiary/aromatic N) is 4. The minimum absolute atomic E-state index is 0.700. The van der Waals surface area contributed by atoms with Crippen LogP contribution in [0.1, 0.15) is 0 Å². The quantitative estimate of drug-likeness (QED) is 0.806. The van der Waals surface area contributed by atoms with Gasteiger partial charge in [-0.2, -0.15) is 5.10 Å². The Morgan fingerprint density at radius 3 is 2.48 bits per heavy atom. The Balaban J connectivity index is 2.10. The Labute approximate surface area is 127 Å². The Kier molecular flexibility index (Phi) is 3.58. The third kappa shape index (κ3) is 2.73. The summed E-state index contributed by atoms with van der Waals surface area (Å²) in [6, 6.07) is 7.54. The van der Waals surface area contributed by atoms with Crippen molar-refractivity contribution in [3.63, 3.8) is 0 Å². The molecule has 0 radical (unpaired) electrons. The van der Waals surface area contributed by atoms with Crippen LogP contribution in [0, 0.1) is 0 Å². The summed E-state index contributed by atoms with van der Waals surface area (Å²) in [4.78, 5) is 9.14. The number of halogens is 1. The molecule has 3 rings (SSSR count). The van der Waals surface area contributed by atoms with E-state index in [0.717, 1.165) is 28.3 Å². The van der Waals surface area contributed by atoms with Crippen LogP contribution in [0.2, 0.25) is 5.02 Å². The van der Waals surface area contributed by atoms with E-state index in [-0.39, 0.29) is 0 Å². The van der Waals surface area contributed by atoms with E-state index in [1.54, 1.807) is 17.1 Å². The minimum atomic E-state index is 0.700. The molecule has 2 aromatic heterocycles. The zero-order valence-electron chi connectivity index (χ0n) is 11.7. The second kappa shape index (κ2) is 5.54. The zero-order chi connectivity index (χ0) is 14.8. The Hall–Kier alpha value is -2.40. The van der Waals surface area contributed by atoms with Crippen LogP contribution in [0.5, 0.6) is 0 Å². The van der Waals surface area contributed by atoms with Crippen LogP contribution in [0.25, 0.3) is 22.5 Å². The highest BCUT2D eigenvalue weighted by atomic mass is 35.5. The molecule has 0 amide bonds. The van der Waals surface area contributed by atoms with E-state index in [9.17, 15) is 0 Å². The van der Waals surface area contributed by atoms with Gasteiger partial charge in [0.2, 0.25) is 0 Å². The summed E-state index contributed by atoms with van der Waals surface area (Å²) in [6.45, 7) is 0. The molecule has 5 nitrogen and oxygen atoms in total. The molecule has 0 bridgehead atoms. The van der Waals surface area contributed by atoms with Crippen LogP contribution in [0.3, 0.4) is 0 Å². The molecule has 106 valence electrons. The fraction of sp³-hybridized carbons (Fsp3) is 0.133. The zero-order valence-corrected chi connectivity index (χ0v) is 12.5. The number of rotatable bonds is 3. The van der Waals surface area contributed by atoms with E-state index in [0.29, 0.717) is 5.02 Å². The molecule has 0 saturated heterocycles. The smallest absolute Gasteiger partial charge is 0.152 e. The van der Waals surface area contributed by atoms with Gasteiger partial charge in [0.1, 0.15) is 5.69 Å². The normalized spacial score (nSPS) is 10.6. The summed E-state index contributed by atoms with van der Waals surface area (Å²) in [7, 11) is 3.70. The molecular formula is C15H14ClN5. The van der Waals surface area contributed by atoms with E-state index in [1.165, 1.54) is 0 Å². The van der Waals surface area contributed by atoms with Crippen molar-refractivity contribution in [3.05, 3.63) is 47.9 Å². The van der Waals surface area contributed by atoms with E-state index in [2.05, 4.69) is 15.4 Å². The average molecular weight is 300 g/mol. The second-order valence-corrected chi connectivity index (χ2v) is 5.05. The van der Waals surface area contributed by atoms with Crippen LogP contribution in [0.15, 0.2) is 42.9 Å². The lowest BCUT2D eigenvalue weighted by Crippen LogP contribution is -1.99. The minimum Gasteiger partial charge on any atom is -0.371 e. The lowest BCUT2D eigenvalue weighted by molar-refractivity contribution is 0.768. The topological polar surface area (TPSA) is 55.6 Å². The first kappa shape index (κ1) is 13.6. The molecule has 3 aromatic rings. The van der Waals surface area contributed by atoms with Gasteiger partial charge in [0, 0.05) is 36.4 Å². The summed E-state index contributed by atoms with van der Waals surface area (Å²) < 4.78 is 1.74. The summed E-state index contributed by atoms with van der Waals surface area (Å²) >= 11 is 5.92. The highest BCUT2D eigenvalue weighted by Crippen LogP contribution is 2.27. The van der Waals surface area contributed by atoms with Crippen LogP contribution >= 0.6 is 11.6 Å². The molecule has 0 atom stereocenters. The van der Waals surface area contributed by atoms with Gasteiger partial charge in [0.25, 0.3) is 0 Å². The van der Waals surface area contributed by atoms with Gasteiger partial charge in [-0.05, 0) is 12.1 Å². The molecule has 0 aliphatic rings. The molecule has 21 heavy (non-hydrogen) atoms. The maximum absolute atomic E-state index is 5.92. The summed E-state index contributed by atoms with van der Waals surface area (Å²) in [6.07, 6.45) is 5.43. The van der Waals surface area contributed by atoms with Crippen molar-refractivity contribution in [2.45, 2.75) is 0 Å². The van der Waals surface area contributed by atoms with Gasteiger partial charge < -0.3 is 5.32 Å². The van der Waals surface area contributed by atoms with Crippen molar-refractivity contribution in [1.29, 1.82) is 0 Å². The Morgan fingerprint density at radius 2 is 1.86 bits per heavy atom. The fourth-order valence-corrected chi connectivity index (χ4v) is 2.20. The Morgan fingerprint density at radius 1 is 1.10 bits per heavy atom. The third-order valence-electron chi connectivity index (χ3n) is 3.13. The average Bonchev–Trinajstić information content (AvgIpc) is 2.94. The summed E-state index contributed by atoms with van der Waals surface area (Å²) in [5.41, 5.74) is 3.47. The largest absolute Gasteiger partial charge is 0.371 e. The van der Waals surface area contributed by atoms with Gasteiger partial charge in [-0.1, -0.05) is 23.7 Å². The van der Waals surface area contributed by atoms with Gasteiger partial charge >= 0.3 is 0 Å². The predicted molar refractivity (Wildman–Crippen MR) is 84.2 cm³/mol. The molecule has 0 saturated carbocycles. The van der Waals surface area contributed by atoms with Crippen LogP contribution in [-0.2, 0) is 7.05 Å². The molecule has 0 fully saturated rings. The van der Waals surface area contributed by atoms with Crippen LogP contribution < -0.4 is 5.32 Å². The van der Waals surface area contributed by atoms with Crippen molar-refractivity contribution >= 4 is 17.4 Å². The lowest BCUT2D eigenvalue weighted by atomic mass is 10.1. The van der Waals surface area contributed by atoms with Crippen molar-refractivity contribution < 1.29 is 0 Å². The SMILES string of the molecule is CNc1ncc(-c2ccc(Cl)cc2)nc1-c1cnn(C)c1. The van der Waals surface area contributed by atoms with Gasteiger partial charge in [-0.3, -0.25) is 4.68 Å². The van der Waals surface area contributed by atoms with E-state index < -0.39 is 0 Å². The molecule has 1 aromatic carbocycles. The number of nitrogens with one attached hydrogen (secondary N) is 1. The number of hydrogen-bond donors (Lipinski definition) is 1. The molecule has 0 aliphatic carbocycles. The number of aryl methyl sites for hydroxylation is 1. The van der Waals surface area contributed by atoms with Crippen LogP contribution in [0.4, 0.5) is 5.82 Å². The van der Waals surface area contributed by atoms with Crippen molar-refractivity contribution in [2.24, 2.45) is 7.05 Å². The number of aromatic nitrogens is 4. The summed E-state index contributed by atoms with van der Waals surface area (Å²) in [5, 5.41) is 7.95. The molecule has 0 aliphatic heterocycles. The third-order valence-corrected chi connectivity index (χ3v) is 3.38. The highest BCUT2D eigenvalue weighted by Gasteiger charge is 2.11. The maximum atomic E-state index is 5.92. The predicted octanol–water partition coefficient (Wildman–Crippen LogP) is 3.24. The fourth-order valence-electron chi connectivity index (χ4n) is 2.08. The molecule has 1 N–H and O–H groups in total. The van der Waals surface area contributed by atoms with E-state index >= 15 is 0 Å². The first-order valence-electron chi connectivity index (χ1n) is 6.47. The maximum Gasteiger partial charge on any atom is 0.152 e. The molecule has 0 spiro atoms. The lowest BCUT2D eigenvalue weighted by Gasteiger charge is -2.08. The number of anilines is 1. The molecule has 2 heterocycles. The van der Waals surface area contributed by atoms with Crippen LogP contribution in [-0.4, -0.2) is 26.8 Å². The number of hydrogen-bond acceptors (Lipinski definition) is 4. The summed E-state index contributed by atoms with van der Waals surface area (Å²) in [5.74, 6) is 0.723. The van der Waals surface area contributed by atoms with Gasteiger partial charge in [-0.15, -0.1) is 0 Å². The van der Waals surface area contributed by atoms with Gasteiger partial charge in [0.15, 0.2) is 5.82 Å². The van der Waals surface area contributed by atoms with Gasteiger partial charge in [0.05, 0.1) is 18.1 Å². The van der Waals surface area contributed by atoms with Gasteiger partial charge in [-0.25, -0.2) is 9.97 Å². The molecule has 6 heteroatoms. The van der Waals surface area contributed by atoms with Crippen molar-refractivity contribution in [3.8, 4) is 22.5 Å². The first-order valence-corrected chi connectivity index (χ1v) is 6.85. The van der Waals surface area contributed by atoms with E-state index in [4.69, 9.17) is 16.6 Å². The monoisotopic (exact) mass is 299 g/mol.